The van der Waals surface area contributed by atoms with Crippen molar-refractivity contribution in [1.29, 1.82) is 0 Å². The molecule has 0 aliphatic heterocycles. The molecule has 6 nitrogen and oxygen atoms in total. The molecular weight excluding hydrogens is 363 g/mol. The maximum absolute atomic E-state index is 13.2. The second-order valence-electron chi connectivity index (χ2n) is 6.38. The number of carboxylic acids is 1. The Morgan fingerprint density at radius 1 is 1.00 bits per heavy atom. The number of halogens is 1. The Hall–Kier alpha value is -3.22. The van der Waals surface area contributed by atoms with Crippen LogP contribution in [0, 0.1) is 5.82 Å². The van der Waals surface area contributed by atoms with Crippen LogP contribution in [-0.4, -0.2) is 40.9 Å². The average molecular weight is 386 g/mol. The summed E-state index contributed by atoms with van der Waals surface area (Å²) in [6.07, 6.45) is 0.262. The van der Waals surface area contributed by atoms with E-state index in [2.05, 4.69) is 5.32 Å². The minimum absolute atomic E-state index is 0.0251. The maximum atomic E-state index is 13.2. The molecule has 2 aromatic rings. The monoisotopic (exact) mass is 386 g/mol. The van der Waals surface area contributed by atoms with E-state index in [1.165, 1.54) is 23.1 Å². The third-order valence-corrected chi connectivity index (χ3v) is 4.08. The number of carbonyl (C=O) groups excluding carboxylic acids is 2. The van der Waals surface area contributed by atoms with Gasteiger partial charge in [-0.05, 0) is 29.7 Å². The van der Waals surface area contributed by atoms with Gasteiger partial charge in [0.15, 0.2) is 0 Å². The van der Waals surface area contributed by atoms with Gasteiger partial charge >= 0.3 is 5.97 Å². The van der Waals surface area contributed by atoms with Crippen LogP contribution in [0.1, 0.15) is 24.0 Å². The van der Waals surface area contributed by atoms with Crippen molar-refractivity contribution in [2.75, 3.05) is 13.1 Å². The summed E-state index contributed by atoms with van der Waals surface area (Å²) in [7, 11) is 0. The zero-order chi connectivity index (χ0) is 20.4. The van der Waals surface area contributed by atoms with E-state index in [1.807, 2.05) is 30.3 Å². The number of carbonyl (C=O) groups is 3. The lowest BCUT2D eigenvalue weighted by molar-refractivity contribution is -0.138. The van der Waals surface area contributed by atoms with Crippen molar-refractivity contribution in [2.45, 2.75) is 25.8 Å². The van der Waals surface area contributed by atoms with Crippen LogP contribution in [0.25, 0.3) is 0 Å². The van der Waals surface area contributed by atoms with Crippen LogP contribution in [0.15, 0.2) is 54.6 Å². The molecule has 0 saturated heterocycles. The molecule has 0 heterocycles. The number of benzene rings is 2. The molecule has 0 aliphatic carbocycles. The van der Waals surface area contributed by atoms with Crippen LogP contribution >= 0.6 is 0 Å². The van der Waals surface area contributed by atoms with E-state index in [0.717, 1.165) is 5.56 Å². The molecule has 2 N–H and O–H groups in total. The summed E-state index contributed by atoms with van der Waals surface area (Å²) in [6, 6.07) is 15.1. The van der Waals surface area contributed by atoms with E-state index in [0.29, 0.717) is 18.5 Å². The molecule has 0 fully saturated rings. The molecule has 0 unspecified atom stereocenters. The van der Waals surface area contributed by atoms with E-state index in [9.17, 15) is 18.8 Å². The standard InChI is InChI=1S/C21H23FN2O4/c22-18-9-4-8-17(12-18)13-19(25)23-14-20(26)24(11-5-10-21(27)28)15-16-6-2-1-3-7-16/h1-4,6-9,12H,5,10-11,13-15H2,(H,23,25)(H,27,28). The number of carboxylic acid groups (broad SMARTS) is 1. The number of amides is 2. The Morgan fingerprint density at radius 3 is 2.39 bits per heavy atom. The Morgan fingerprint density at radius 2 is 1.71 bits per heavy atom. The molecule has 0 atom stereocenters. The highest BCUT2D eigenvalue weighted by molar-refractivity contribution is 5.85. The molecule has 7 heteroatoms. The minimum atomic E-state index is -0.921. The number of hydrogen-bond donors (Lipinski definition) is 2. The minimum Gasteiger partial charge on any atom is -0.481 e. The molecule has 148 valence electrons. The normalized spacial score (nSPS) is 10.3. The molecule has 28 heavy (non-hydrogen) atoms. The zero-order valence-corrected chi connectivity index (χ0v) is 15.4. The van der Waals surface area contributed by atoms with E-state index < -0.39 is 11.8 Å². The van der Waals surface area contributed by atoms with Gasteiger partial charge in [0.05, 0.1) is 13.0 Å². The molecule has 2 aromatic carbocycles. The Labute approximate surface area is 163 Å². The van der Waals surface area contributed by atoms with Gasteiger partial charge in [-0.25, -0.2) is 4.39 Å². The second kappa shape index (κ2) is 10.8. The van der Waals surface area contributed by atoms with Crippen molar-refractivity contribution in [3.63, 3.8) is 0 Å². The largest absolute Gasteiger partial charge is 0.481 e. The van der Waals surface area contributed by atoms with Crippen molar-refractivity contribution >= 4 is 17.8 Å². The quantitative estimate of drug-likeness (QED) is 0.656. The molecule has 2 rings (SSSR count). The van der Waals surface area contributed by atoms with E-state index >= 15 is 0 Å². The zero-order valence-electron chi connectivity index (χ0n) is 15.4. The lowest BCUT2D eigenvalue weighted by atomic mass is 10.1. The van der Waals surface area contributed by atoms with Crippen LogP contribution in [0.4, 0.5) is 4.39 Å². The van der Waals surface area contributed by atoms with Crippen LogP contribution in [0.2, 0.25) is 0 Å². The van der Waals surface area contributed by atoms with Crippen LogP contribution in [0.5, 0.6) is 0 Å². The fourth-order valence-electron chi connectivity index (χ4n) is 2.70. The number of rotatable bonds is 10. The third-order valence-electron chi connectivity index (χ3n) is 4.08. The summed E-state index contributed by atoms with van der Waals surface area (Å²) in [5, 5.41) is 11.4. The summed E-state index contributed by atoms with van der Waals surface area (Å²) in [5.74, 6) is -2.03. The first kappa shape index (κ1) is 21.1. The highest BCUT2D eigenvalue weighted by Crippen LogP contribution is 2.07. The van der Waals surface area contributed by atoms with Crippen molar-refractivity contribution in [3.05, 3.63) is 71.5 Å². The van der Waals surface area contributed by atoms with E-state index in [4.69, 9.17) is 5.11 Å². The Bertz CT molecular complexity index is 811. The number of nitrogens with one attached hydrogen (secondary N) is 1. The molecule has 2 amide bonds. The molecule has 0 aromatic heterocycles. The lowest BCUT2D eigenvalue weighted by Gasteiger charge is -2.23. The van der Waals surface area contributed by atoms with Gasteiger partial charge in [0.2, 0.25) is 11.8 Å². The highest BCUT2D eigenvalue weighted by Gasteiger charge is 2.16. The lowest BCUT2D eigenvalue weighted by Crippen LogP contribution is -2.40. The van der Waals surface area contributed by atoms with Gasteiger partial charge in [0.1, 0.15) is 5.82 Å². The number of hydrogen-bond acceptors (Lipinski definition) is 3. The Balaban J connectivity index is 1.90. The van der Waals surface area contributed by atoms with Gasteiger partial charge in [-0.2, -0.15) is 0 Å². The van der Waals surface area contributed by atoms with Gasteiger partial charge in [0.25, 0.3) is 0 Å². The van der Waals surface area contributed by atoms with E-state index in [1.54, 1.807) is 6.07 Å². The summed E-state index contributed by atoms with van der Waals surface area (Å²) < 4.78 is 13.2. The summed E-state index contributed by atoms with van der Waals surface area (Å²) in [6.45, 7) is 0.410. The highest BCUT2D eigenvalue weighted by atomic mass is 19.1. The number of aliphatic carboxylic acids is 1. The van der Waals surface area contributed by atoms with Crippen molar-refractivity contribution in [1.82, 2.24) is 10.2 Å². The SMILES string of the molecule is O=C(O)CCCN(Cc1ccccc1)C(=O)CNC(=O)Cc1cccc(F)c1. The summed E-state index contributed by atoms with van der Waals surface area (Å²) >= 11 is 0. The van der Waals surface area contributed by atoms with Gasteiger partial charge < -0.3 is 15.3 Å². The molecular formula is C21H23FN2O4. The molecule has 0 bridgehead atoms. The Kier molecular flexibility index (Phi) is 8.14. The van der Waals surface area contributed by atoms with Crippen molar-refractivity contribution < 1.29 is 23.9 Å². The predicted molar refractivity (Wildman–Crippen MR) is 102 cm³/mol. The van der Waals surface area contributed by atoms with Gasteiger partial charge in [-0.3, -0.25) is 14.4 Å². The van der Waals surface area contributed by atoms with Gasteiger partial charge in [-0.15, -0.1) is 0 Å². The van der Waals surface area contributed by atoms with Gasteiger partial charge in [-0.1, -0.05) is 42.5 Å². The van der Waals surface area contributed by atoms with Crippen molar-refractivity contribution in [3.8, 4) is 0 Å². The topological polar surface area (TPSA) is 86.7 Å². The molecule has 0 aliphatic rings. The first-order valence-corrected chi connectivity index (χ1v) is 8.98. The van der Waals surface area contributed by atoms with Crippen LogP contribution in [-0.2, 0) is 27.3 Å². The van der Waals surface area contributed by atoms with Crippen LogP contribution in [0.3, 0.4) is 0 Å². The first-order chi connectivity index (χ1) is 13.4. The average Bonchev–Trinajstić information content (AvgIpc) is 2.66. The van der Waals surface area contributed by atoms with E-state index in [-0.39, 0.29) is 37.7 Å². The summed E-state index contributed by atoms with van der Waals surface area (Å²) in [4.78, 5) is 36.8. The molecule has 0 saturated carbocycles. The van der Waals surface area contributed by atoms with Crippen LogP contribution < -0.4 is 5.32 Å². The third kappa shape index (κ3) is 7.57. The predicted octanol–water partition coefficient (Wildman–Crippen LogP) is 2.38. The fourth-order valence-corrected chi connectivity index (χ4v) is 2.70. The second-order valence-corrected chi connectivity index (χ2v) is 6.38. The molecule has 0 radical (unpaired) electrons. The number of nitrogens with zero attached hydrogens (tertiary/aromatic N) is 1. The van der Waals surface area contributed by atoms with Gasteiger partial charge in [0, 0.05) is 19.5 Å². The fraction of sp³-hybridized carbons (Fsp3) is 0.286. The smallest absolute Gasteiger partial charge is 0.303 e. The first-order valence-electron chi connectivity index (χ1n) is 8.98. The maximum Gasteiger partial charge on any atom is 0.303 e. The summed E-state index contributed by atoms with van der Waals surface area (Å²) in [5.41, 5.74) is 1.44. The molecule has 0 spiro atoms. The van der Waals surface area contributed by atoms with Crippen molar-refractivity contribution in [2.24, 2.45) is 0 Å².